The van der Waals surface area contributed by atoms with Gasteiger partial charge in [-0.1, -0.05) is 0 Å². The summed E-state index contributed by atoms with van der Waals surface area (Å²) in [6.45, 7) is 4.99. The molecule has 6 heteroatoms. The van der Waals surface area contributed by atoms with E-state index in [1.807, 2.05) is 13.8 Å². The highest BCUT2D eigenvalue weighted by molar-refractivity contribution is 7.94. The van der Waals surface area contributed by atoms with Gasteiger partial charge in [0.1, 0.15) is 0 Å². The minimum absolute atomic E-state index is 0.0278. The van der Waals surface area contributed by atoms with Crippen LogP contribution < -0.4 is 5.32 Å². The van der Waals surface area contributed by atoms with Crippen LogP contribution in [-0.2, 0) is 9.84 Å². The van der Waals surface area contributed by atoms with Gasteiger partial charge in [-0.05, 0) is 19.9 Å². The second-order valence-corrected chi connectivity index (χ2v) is 5.32. The molecule has 0 radical (unpaired) electrons. The van der Waals surface area contributed by atoms with Crippen molar-refractivity contribution in [2.45, 2.75) is 19.9 Å². The Bertz CT molecular complexity index is 358. The number of urea groups is 1. The average Bonchev–Trinajstić information content (AvgIpc) is 2.47. The van der Waals surface area contributed by atoms with Crippen LogP contribution in [0.1, 0.15) is 13.8 Å². The molecule has 0 unspecified atom stereocenters. The molecule has 0 aromatic heterocycles. The van der Waals surface area contributed by atoms with Crippen molar-refractivity contribution in [1.29, 1.82) is 0 Å². The standard InChI is InChI=1S/C9H16N2O3S/c1-3-11(4-2)9(12)10-8-5-6-15(13,14)7-8/h5-6,8H,3-4,7H2,1-2H3,(H,10,12)/t8-/m1/s1. The molecule has 86 valence electrons. The van der Waals surface area contributed by atoms with Gasteiger partial charge < -0.3 is 10.2 Å². The maximum absolute atomic E-state index is 11.6. The Morgan fingerprint density at radius 1 is 1.47 bits per heavy atom. The SMILES string of the molecule is CCN(CC)C(=O)N[C@@H]1C=CS(=O)(=O)C1. The van der Waals surface area contributed by atoms with Crippen LogP contribution in [0.25, 0.3) is 0 Å². The van der Waals surface area contributed by atoms with Gasteiger partial charge in [0.05, 0.1) is 11.8 Å². The third kappa shape index (κ3) is 3.23. The summed E-state index contributed by atoms with van der Waals surface area (Å²) in [6, 6.07) is -0.602. The molecule has 1 aliphatic heterocycles. The predicted molar refractivity (Wildman–Crippen MR) is 58.2 cm³/mol. The van der Waals surface area contributed by atoms with Crippen LogP contribution >= 0.6 is 0 Å². The fourth-order valence-corrected chi connectivity index (χ4v) is 2.66. The molecule has 0 saturated heterocycles. The quantitative estimate of drug-likeness (QED) is 0.763. The zero-order valence-corrected chi connectivity index (χ0v) is 9.75. The van der Waals surface area contributed by atoms with Crippen LogP contribution in [0.5, 0.6) is 0 Å². The number of amides is 2. The van der Waals surface area contributed by atoms with E-state index in [0.717, 1.165) is 5.41 Å². The molecule has 0 saturated carbocycles. The number of nitrogens with one attached hydrogen (secondary N) is 1. The van der Waals surface area contributed by atoms with Crippen molar-refractivity contribution in [2.75, 3.05) is 18.8 Å². The Labute approximate surface area is 90.1 Å². The van der Waals surface area contributed by atoms with E-state index < -0.39 is 9.84 Å². The van der Waals surface area contributed by atoms with Gasteiger partial charge in [0.25, 0.3) is 0 Å². The van der Waals surface area contributed by atoms with Crippen LogP contribution in [0, 0.1) is 0 Å². The summed E-state index contributed by atoms with van der Waals surface area (Å²) >= 11 is 0. The van der Waals surface area contributed by atoms with E-state index in [1.165, 1.54) is 6.08 Å². The molecule has 15 heavy (non-hydrogen) atoms. The zero-order valence-electron chi connectivity index (χ0n) is 8.93. The van der Waals surface area contributed by atoms with E-state index in [9.17, 15) is 13.2 Å². The topological polar surface area (TPSA) is 66.5 Å². The average molecular weight is 232 g/mol. The minimum atomic E-state index is -3.09. The first-order chi connectivity index (χ1) is 6.98. The normalized spacial score (nSPS) is 22.7. The molecule has 0 aromatic carbocycles. The molecule has 0 aliphatic carbocycles. The zero-order chi connectivity index (χ0) is 11.5. The van der Waals surface area contributed by atoms with Crippen LogP contribution in [-0.4, -0.2) is 44.2 Å². The Morgan fingerprint density at radius 2 is 2.07 bits per heavy atom. The third-order valence-corrected chi connectivity index (χ3v) is 3.69. The molecule has 5 nitrogen and oxygen atoms in total. The lowest BCUT2D eigenvalue weighted by atomic mass is 10.3. The van der Waals surface area contributed by atoms with Crippen molar-refractivity contribution < 1.29 is 13.2 Å². The minimum Gasteiger partial charge on any atom is -0.331 e. The van der Waals surface area contributed by atoms with Crippen LogP contribution in [0.4, 0.5) is 4.79 Å². The maximum atomic E-state index is 11.6. The second-order valence-electron chi connectivity index (χ2n) is 3.39. The number of rotatable bonds is 3. The Hall–Kier alpha value is -1.04. The van der Waals surface area contributed by atoms with Gasteiger partial charge in [0, 0.05) is 18.5 Å². The summed E-state index contributed by atoms with van der Waals surface area (Å²) in [7, 11) is -3.09. The first kappa shape index (κ1) is 12.0. The molecule has 0 aromatic rings. The van der Waals surface area contributed by atoms with E-state index in [2.05, 4.69) is 5.32 Å². The highest BCUT2D eigenvalue weighted by Crippen LogP contribution is 2.08. The maximum Gasteiger partial charge on any atom is 0.317 e. The van der Waals surface area contributed by atoms with E-state index >= 15 is 0 Å². The number of sulfone groups is 1. The molecular weight excluding hydrogens is 216 g/mol. The highest BCUT2D eigenvalue weighted by Gasteiger charge is 2.24. The van der Waals surface area contributed by atoms with Crippen LogP contribution in [0.2, 0.25) is 0 Å². The largest absolute Gasteiger partial charge is 0.331 e. The van der Waals surface area contributed by atoms with Gasteiger partial charge in [0.15, 0.2) is 9.84 Å². The van der Waals surface area contributed by atoms with Gasteiger partial charge in [-0.25, -0.2) is 13.2 Å². The second kappa shape index (κ2) is 4.65. The molecule has 1 rings (SSSR count). The monoisotopic (exact) mass is 232 g/mol. The third-order valence-electron chi connectivity index (χ3n) is 2.29. The Morgan fingerprint density at radius 3 is 2.47 bits per heavy atom. The summed E-state index contributed by atoms with van der Waals surface area (Å²) < 4.78 is 22.2. The fraction of sp³-hybridized carbons (Fsp3) is 0.667. The number of hydrogen-bond donors (Lipinski definition) is 1. The highest BCUT2D eigenvalue weighted by atomic mass is 32.2. The van der Waals surface area contributed by atoms with Crippen molar-refractivity contribution >= 4 is 15.9 Å². The lowest BCUT2D eigenvalue weighted by molar-refractivity contribution is 0.202. The predicted octanol–water partition coefficient (Wildman–Crippen LogP) is 0.349. The molecule has 0 spiro atoms. The molecule has 2 amide bonds. The van der Waals surface area contributed by atoms with Crippen molar-refractivity contribution in [2.24, 2.45) is 0 Å². The van der Waals surface area contributed by atoms with Crippen molar-refractivity contribution in [1.82, 2.24) is 10.2 Å². The van der Waals surface area contributed by atoms with E-state index in [-0.39, 0.29) is 17.8 Å². The smallest absolute Gasteiger partial charge is 0.317 e. The summed E-state index contributed by atoms with van der Waals surface area (Å²) in [5.41, 5.74) is 0. The number of nitrogens with zero attached hydrogens (tertiary/aromatic N) is 1. The van der Waals surface area contributed by atoms with E-state index in [0.29, 0.717) is 13.1 Å². The van der Waals surface area contributed by atoms with Gasteiger partial charge >= 0.3 is 6.03 Å². The molecular formula is C9H16N2O3S. The molecule has 1 atom stereocenters. The van der Waals surface area contributed by atoms with Crippen LogP contribution in [0.15, 0.2) is 11.5 Å². The summed E-state index contributed by atoms with van der Waals surface area (Å²) in [6.07, 6.45) is 1.51. The Balaban J connectivity index is 2.51. The number of hydrogen-bond acceptors (Lipinski definition) is 3. The number of carbonyl (C=O) groups excluding carboxylic acids is 1. The van der Waals surface area contributed by atoms with E-state index in [4.69, 9.17) is 0 Å². The summed E-state index contributed by atoms with van der Waals surface area (Å²) in [4.78, 5) is 13.2. The Kier molecular flexibility index (Phi) is 3.73. The van der Waals surface area contributed by atoms with Crippen molar-refractivity contribution in [3.05, 3.63) is 11.5 Å². The summed E-state index contributed by atoms with van der Waals surface area (Å²) in [5, 5.41) is 3.81. The first-order valence-corrected chi connectivity index (χ1v) is 6.66. The molecule has 1 aliphatic rings. The van der Waals surface area contributed by atoms with Gasteiger partial charge in [-0.2, -0.15) is 0 Å². The van der Waals surface area contributed by atoms with Crippen molar-refractivity contribution in [3.63, 3.8) is 0 Å². The number of carbonyl (C=O) groups is 1. The lowest BCUT2D eigenvalue weighted by Gasteiger charge is -2.21. The van der Waals surface area contributed by atoms with Gasteiger partial charge in [-0.15, -0.1) is 0 Å². The van der Waals surface area contributed by atoms with E-state index in [1.54, 1.807) is 4.90 Å². The lowest BCUT2D eigenvalue weighted by Crippen LogP contribution is -2.45. The van der Waals surface area contributed by atoms with Gasteiger partial charge in [0.2, 0.25) is 0 Å². The molecule has 1 N–H and O–H groups in total. The molecule has 0 bridgehead atoms. The molecule has 1 heterocycles. The first-order valence-electron chi connectivity index (χ1n) is 4.95. The fourth-order valence-electron chi connectivity index (χ4n) is 1.43. The van der Waals surface area contributed by atoms with Crippen molar-refractivity contribution in [3.8, 4) is 0 Å². The molecule has 0 fully saturated rings. The summed E-state index contributed by atoms with van der Waals surface area (Å²) in [5.74, 6) is -0.0278. The van der Waals surface area contributed by atoms with Crippen LogP contribution in [0.3, 0.4) is 0 Å². The van der Waals surface area contributed by atoms with Gasteiger partial charge in [-0.3, -0.25) is 0 Å².